The molecule has 0 spiro atoms. The summed E-state index contributed by atoms with van der Waals surface area (Å²) < 4.78 is 0.850. The first-order valence-electron chi connectivity index (χ1n) is 5.74. The summed E-state index contributed by atoms with van der Waals surface area (Å²) in [5.41, 5.74) is 5.01. The van der Waals surface area contributed by atoms with E-state index in [1.807, 2.05) is 0 Å². The predicted octanol–water partition coefficient (Wildman–Crippen LogP) is -1.11. The average molecular weight is 345 g/mol. The largest absolute Gasteiger partial charge is 1.00 e. The Morgan fingerprint density at radius 1 is 1.18 bits per heavy atom. The standard InChI is InChI=1S/C13H20N3.HI/c1-16(2,3)11-7-8-12-10(9-11)5-4-6-13(12)15-14;/h7-9H,4-6,14H2,1-3H3;1H/q+1;/p-1. The van der Waals surface area contributed by atoms with Gasteiger partial charge in [0.1, 0.15) is 5.69 Å². The molecule has 0 unspecified atom stereocenters. The van der Waals surface area contributed by atoms with Crippen LogP contribution < -0.4 is 34.3 Å². The van der Waals surface area contributed by atoms with Crippen LogP contribution in [-0.4, -0.2) is 26.9 Å². The van der Waals surface area contributed by atoms with Crippen LogP contribution in [0.1, 0.15) is 24.0 Å². The van der Waals surface area contributed by atoms with Gasteiger partial charge in [-0.3, -0.25) is 4.48 Å². The molecule has 1 aliphatic rings. The highest BCUT2D eigenvalue weighted by atomic mass is 127. The molecule has 17 heavy (non-hydrogen) atoms. The average Bonchev–Trinajstić information content (AvgIpc) is 2.26. The van der Waals surface area contributed by atoms with E-state index in [1.54, 1.807) is 0 Å². The van der Waals surface area contributed by atoms with E-state index in [9.17, 15) is 0 Å². The van der Waals surface area contributed by atoms with Gasteiger partial charge in [-0.05, 0) is 37.0 Å². The molecule has 0 fully saturated rings. The van der Waals surface area contributed by atoms with Crippen LogP contribution in [0.5, 0.6) is 0 Å². The van der Waals surface area contributed by atoms with Gasteiger partial charge in [-0.15, -0.1) is 0 Å². The molecule has 3 nitrogen and oxygen atoms in total. The van der Waals surface area contributed by atoms with Gasteiger partial charge in [-0.25, -0.2) is 0 Å². The second kappa shape index (κ2) is 5.35. The lowest BCUT2D eigenvalue weighted by molar-refractivity contribution is -0.00000367. The molecule has 1 aromatic carbocycles. The Hall–Kier alpha value is -0.620. The van der Waals surface area contributed by atoms with Crippen molar-refractivity contribution in [2.75, 3.05) is 21.1 Å². The molecular weight excluding hydrogens is 325 g/mol. The van der Waals surface area contributed by atoms with Gasteiger partial charge in [0.15, 0.2) is 0 Å². The zero-order valence-electron chi connectivity index (χ0n) is 10.7. The number of fused-ring (bicyclic) bond motifs is 1. The minimum absolute atomic E-state index is 0. The number of nitrogens with zero attached hydrogens (tertiary/aromatic N) is 2. The van der Waals surface area contributed by atoms with Crippen LogP contribution in [0.4, 0.5) is 5.69 Å². The highest BCUT2D eigenvalue weighted by Gasteiger charge is 2.19. The van der Waals surface area contributed by atoms with Crippen LogP contribution in [-0.2, 0) is 6.42 Å². The summed E-state index contributed by atoms with van der Waals surface area (Å²) in [6.45, 7) is 0. The number of rotatable bonds is 1. The van der Waals surface area contributed by atoms with Crippen LogP contribution in [0.2, 0.25) is 0 Å². The number of halogens is 1. The van der Waals surface area contributed by atoms with E-state index in [0.717, 1.165) is 29.5 Å². The Balaban J connectivity index is 0.00000144. The van der Waals surface area contributed by atoms with Crippen LogP contribution >= 0.6 is 0 Å². The first-order chi connectivity index (χ1) is 7.52. The van der Waals surface area contributed by atoms with Crippen molar-refractivity contribution in [3.8, 4) is 0 Å². The van der Waals surface area contributed by atoms with E-state index < -0.39 is 0 Å². The zero-order chi connectivity index (χ0) is 11.8. The van der Waals surface area contributed by atoms with Gasteiger partial charge in [-0.2, -0.15) is 5.10 Å². The first kappa shape index (κ1) is 14.4. The van der Waals surface area contributed by atoms with Crippen molar-refractivity contribution in [1.82, 2.24) is 4.48 Å². The normalized spacial score (nSPS) is 17.5. The van der Waals surface area contributed by atoms with Gasteiger partial charge in [0.25, 0.3) is 0 Å². The van der Waals surface area contributed by atoms with E-state index in [4.69, 9.17) is 5.84 Å². The summed E-state index contributed by atoms with van der Waals surface area (Å²) in [5, 5.41) is 3.89. The van der Waals surface area contributed by atoms with Crippen molar-refractivity contribution in [1.29, 1.82) is 0 Å². The fourth-order valence-corrected chi connectivity index (χ4v) is 2.20. The molecule has 0 heterocycles. The molecule has 2 N–H and O–H groups in total. The van der Waals surface area contributed by atoms with E-state index in [1.165, 1.54) is 16.8 Å². The summed E-state index contributed by atoms with van der Waals surface area (Å²) in [5.74, 6) is 5.43. The second-order valence-electron chi connectivity index (χ2n) is 5.28. The number of hydrogen-bond acceptors (Lipinski definition) is 2. The lowest BCUT2D eigenvalue weighted by atomic mass is 9.89. The molecule has 4 heteroatoms. The smallest absolute Gasteiger partial charge is 0.132 e. The monoisotopic (exact) mass is 345 g/mol. The quantitative estimate of drug-likeness (QED) is 0.298. The number of hydrogen-bond donors (Lipinski definition) is 1. The van der Waals surface area contributed by atoms with Crippen molar-refractivity contribution < 1.29 is 24.0 Å². The third-order valence-electron chi connectivity index (χ3n) is 3.19. The van der Waals surface area contributed by atoms with Gasteiger partial charge >= 0.3 is 0 Å². The van der Waals surface area contributed by atoms with Crippen LogP contribution in [0.3, 0.4) is 0 Å². The molecule has 0 amide bonds. The molecule has 0 radical (unpaired) electrons. The van der Waals surface area contributed by atoms with Crippen molar-refractivity contribution in [3.63, 3.8) is 0 Å². The number of aryl methyl sites for hydroxylation is 1. The number of benzene rings is 1. The summed E-state index contributed by atoms with van der Waals surface area (Å²) in [6.07, 6.45) is 3.30. The molecule has 94 valence electrons. The van der Waals surface area contributed by atoms with Gasteiger partial charge in [0.05, 0.1) is 26.9 Å². The highest BCUT2D eigenvalue weighted by molar-refractivity contribution is 6.02. The lowest BCUT2D eigenvalue weighted by Crippen LogP contribution is -3.00. The van der Waals surface area contributed by atoms with E-state index in [-0.39, 0.29) is 24.0 Å². The predicted molar refractivity (Wildman–Crippen MR) is 69.7 cm³/mol. The summed E-state index contributed by atoms with van der Waals surface area (Å²) in [4.78, 5) is 0. The molecule has 0 aliphatic heterocycles. The number of quaternary nitrogens is 1. The number of hydrazone groups is 1. The van der Waals surface area contributed by atoms with Crippen LogP contribution in [0.15, 0.2) is 23.3 Å². The second-order valence-corrected chi connectivity index (χ2v) is 5.28. The molecule has 0 atom stereocenters. The molecular formula is C13H20IN3. The summed E-state index contributed by atoms with van der Waals surface area (Å²) >= 11 is 0. The maximum atomic E-state index is 5.43. The number of nitrogens with two attached hydrogens (primary N) is 1. The van der Waals surface area contributed by atoms with E-state index in [0.29, 0.717) is 0 Å². The Kier molecular flexibility index (Phi) is 4.55. The fraction of sp³-hybridized carbons (Fsp3) is 0.462. The minimum atomic E-state index is 0. The lowest BCUT2D eigenvalue weighted by Gasteiger charge is -2.26. The van der Waals surface area contributed by atoms with Crippen LogP contribution in [0, 0.1) is 0 Å². The molecule has 0 saturated carbocycles. The Morgan fingerprint density at radius 3 is 2.47 bits per heavy atom. The first-order valence-corrected chi connectivity index (χ1v) is 5.74. The third-order valence-corrected chi connectivity index (χ3v) is 3.19. The Labute approximate surface area is 120 Å². The van der Waals surface area contributed by atoms with Crippen LogP contribution in [0.25, 0.3) is 0 Å². The van der Waals surface area contributed by atoms with E-state index in [2.05, 4.69) is 44.4 Å². The van der Waals surface area contributed by atoms with Gasteiger partial charge in [-0.1, -0.05) is 0 Å². The summed E-state index contributed by atoms with van der Waals surface area (Å²) in [6, 6.07) is 6.63. The van der Waals surface area contributed by atoms with E-state index >= 15 is 0 Å². The highest BCUT2D eigenvalue weighted by Crippen LogP contribution is 2.27. The maximum absolute atomic E-state index is 5.43. The molecule has 0 aromatic heterocycles. The molecule has 2 rings (SSSR count). The zero-order valence-corrected chi connectivity index (χ0v) is 12.9. The molecule has 1 aromatic rings. The molecule has 0 bridgehead atoms. The topological polar surface area (TPSA) is 38.4 Å². The third kappa shape index (κ3) is 2.98. The van der Waals surface area contributed by atoms with Gasteiger partial charge in [0, 0.05) is 11.6 Å². The van der Waals surface area contributed by atoms with Crippen molar-refractivity contribution in [2.24, 2.45) is 10.9 Å². The fourth-order valence-electron chi connectivity index (χ4n) is 2.20. The summed E-state index contributed by atoms with van der Waals surface area (Å²) in [7, 11) is 6.55. The Bertz CT molecular complexity index is 433. The molecule has 0 saturated heterocycles. The Morgan fingerprint density at radius 2 is 1.88 bits per heavy atom. The SMILES string of the molecule is C[N+](C)(C)c1ccc2c(c1)CCCC2=NN.[I-]. The van der Waals surface area contributed by atoms with Crippen molar-refractivity contribution in [2.45, 2.75) is 19.3 Å². The van der Waals surface area contributed by atoms with Crippen molar-refractivity contribution >= 4 is 11.4 Å². The van der Waals surface area contributed by atoms with Gasteiger partial charge < -0.3 is 29.8 Å². The maximum Gasteiger partial charge on any atom is 0.132 e. The molecule has 1 aliphatic carbocycles. The van der Waals surface area contributed by atoms with Gasteiger partial charge in [0.2, 0.25) is 0 Å². The van der Waals surface area contributed by atoms with Crippen molar-refractivity contribution in [3.05, 3.63) is 29.3 Å². The minimum Gasteiger partial charge on any atom is -1.00 e.